The van der Waals surface area contributed by atoms with E-state index < -0.39 is 5.97 Å². The molecule has 1 N–H and O–H groups in total. The van der Waals surface area contributed by atoms with Crippen LogP contribution in [0.1, 0.15) is 57.2 Å². The van der Waals surface area contributed by atoms with Crippen LogP contribution in [0.2, 0.25) is 0 Å². The van der Waals surface area contributed by atoms with Crippen molar-refractivity contribution in [2.24, 2.45) is 0 Å². The summed E-state index contributed by atoms with van der Waals surface area (Å²) in [6, 6.07) is 0.715. The van der Waals surface area contributed by atoms with Gasteiger partial charge in [0.1, 0.15) is 5.76 Å². The molecule has 1 fully saturated rings. The average molecular weight is 266 g/mol. The largest absolute Gasteiger partial charge is 0.481 e. The second kappa shape index (κ2) is 6.19. The smallest absolute Gasteiger partial charge is 0.303 e. The first-order valence-corrected chi connectivity index (χ1v) is 7.00. The van der Waals surface area contributed by atoms with Crippen molar-refractivity contribution in [2.75, 3.05) is 6.54 Å². The van der Waals surface area contributed by atoms with Gasteiger partial charge >= 0.3 is 5.97 Å². The Bertz CT molecular complexity index is 428. The van der Waals surface area contributed by atoms with E-state index in [2.05, 4.69) is 23.7 Å². The van der Waals surface area contributed by atoms with E-state index >= 15 is 0 Å². The van der Waals surface area contributed by atoms with Gasteiger partial charge in [-0.2, -0.15) is 0 Å². The van der Waals surface area contributed by atoms with Crippen LogP contribution in [0.5, 0.6) is 0 Å². The lowest BCUT2D eigenvalue weighted by atomic mass is 10.0. The molecule has 2 rings (SSSR count). The third-order valence-corrected chi connectivity index (χ3v) is 3.65. The molecular formula is C14H22N2O3. The zero-order chi connectivity index (χ0) is 13.8. The van der Waals surface area contributed by atoms with Crippen LogP contribution in [0.4, 0.5) is 0 Å². The zero-order valence-corrected chi connectivity index (χ0v) is 11.6. The van der Waals surface area contributed by atoms with Gasteiger partial charge in [-0.1, -0.05) is 6.42 Å². The van der Waals surface area contributed by atoms with Crippen LogP contribution in [0.25, 0.3) is 0 Å². The van der Waals surface area contributed by atoms with Gasteiger partial charge in [0.05, 0.1) is 18.7 Å². The van der Waals surface area contributed by atoms with Gasteiger partial charge in [0.15, 0.2) is 0 Å². The van der Waals surface area contributed by atoms with E-state index in [1.54, 1.807) is 6.20 Å². The maximum absolute atomic E-state index is 10.6. The van der Waals surface area contributed by atoms with Gasteiger partial charge in [0.25, 0.3) is 0 Å². The van der Waals surface area contributed by atoms with Crippen molar-refractivity contribution >= 4 is 5.97 Å². The number of hydrogen-bond acceptors (Lipinski definition) is 4. The standard InChI is InChI=1S/C14H22N2O3/c1-10(2)16-8-4-3-5-12(16)14-15-9-11(19-14)6-7-13(17)18/h9-10,12H,3-8H2,1-2H3,(H,17,18). The summed E-state index contributed by atoms with van der Waals surface area (Å²) in [6.07, 6.45) is 5.66. The topological polar surface area (TPSA) is 66.6 Å². The molecule has 0 radical (unpaired) electrons. The van der Waals surface area contributed by atoms with E-state index in [9.17, 15) is 4.79 Å². The van der Waals surface area contributed by atoms with Gasteiger partial charge in [-0.15, -0.1) is 0 Å². The molecule has 0 spiro atoms. The molecule has 5 heteroatoms. The highest BCUT2D eigenvalue weighted by Crippen LogP contribution is 2.32. The monoisotopic (exact) mass is 266 g/mol. The summed E-state index contributed by atoms with van der Waals surface area (Å²) in [5.41, 5.74) is 0. The fourth-order valence-electron chi connectivity index (χ4n) is 2.66. The van der Waals surface area contributed by atoms with Gasteiger partial charge in [-0.25, -0.2) is 4.98 Å². The first-order chi connectivity index (χ1) is 9.08. The summed E-state index contributed by atoms with van der Waals surface area (Å²) in [4.78, 5) is 17.3. The van der Waals surface area contributed by atoms with Gasteiger partial charge in [0.2, 0.25) is 5.89 Å². The van der Waals surface area contributed by atoms with Crippen LogP contribution < -0.4 is 0 Å². The third-order valence-electron chi connectivity index (χ3n) is 3.65. The fourth-order valence-corrected chi connectivity index (χ4v) is 2.66. The normalized spacial score (nSPS) is 20.9. The molecule has 1 aromatic heterocycles. The molecule has 1 atom stereocenters. The average Bonchev–Trinajstić information content (AvgIpc) is 2.85. The number of likely N-dealkylation sites (tertiary alicyclic amines) is 1. The summed E-state index contributed by atoms with van der Waals surface area (Å²) in [5.74, 6) is 0.611. The Balaban J connectivity index is 2.05. The molecule has 0 aromatic carbocycles. The summed E-state index contributed by atoms with van der Waals surface area (Å²) >= 11 is 0. The molecule has 1 unspecified atom stereocenters. The van der Waals surface area contributed by atoms with Gasteiger partial charge in [-0.3, -0.25) is 9.69 Å². The summed E-state index contributed by atoms with van der Waals surface area (Å²) < 4.78 is 5.74. The second-order valence-corrected chi connectivity index (χ2v) is 5.40. The molecule has 0 amide bonds. The van der Waals surface area contributed by atoms with E-state index in [0.29, 0.717) is 18.2 Å². The van der Waals surface area contributed by atoms with Crippen molar-refractivity contribution in [1.82, 2.24) is 9.88 Å². The molecule has 0 bridgehead atoms. The Labute approximate surface area is 113 Å². The van der Waals surface area contributed by atoms with E-state index in [0.717, 1.165) is 18.9 Å². The molecule has 1 saturated heterocycles. The van der Waals surface area contributed by atoms with Crippen LogP contribution in [0.15, 0.2) is 10.6 Å². The SMILES string of the molecule is CC(C)N1CCCCC1c1ncc(CCC(=O)O)o1. The van der Waals surface area contributed by atoms with Gasteiger partial charge in [-0.05, 0) is 33.2 Å². The van der Waals surface area contributed by atoms with Crippen LogP contribution >= 0.6 is 0 Å². The van der Waals surface area contributed by atoms with Crippen molar-refractivity contribution in [3.05, 3.63) is 17.8 Å². The molecule has 0 aliphatic carbocycles. The molecule has 19 heavy (non-hydrogen) atoms. The van der Waals surface area contributed by atoms with E-state index in [1.165, 1.54) is 12.8 Å². The first kappa shape index (κ1) is 14.1. The highest BCUT2D eigenvalue weighted by atomic mass is 16.4. The Kier molecular flexibility index (Phi) is 4.58. The Morgan fingerprint density at radius 2 is 2.37 bits per heavy atom. The molecular weight excluding hydrogens is 244 g/mol. The van der Waals surface area contributed by atoms with Gasteiger partial charge < -0.3 is 9.52 Å². The lowest BCUT2D eigenvalue weighted by Crippen LogP contribution is -2.38. The quantitative estimate of drug-likeness (QED) is 0.887. The second-order valence-electron chi connectivity index (χ2n) is 5.40. The number of aliphatic carboxylic acids is 1. The van der Waals surface area contributed by atoms with Crippen molar-refractivity contribution in [2.45, 2.75) is 58.0 Å². The molecule has 1 aliphatic rings. The minimum absolute atomic E-state index is 0.0905. The molecule has 5 nitrogen and oxygen atoms in total. The predicted octanol–water partition coefficient (Wildman–Crippen LogP) is 2.63. The number of aryl methyl sites for hydroxylation is 1. The van der Waals surface area contributed by atoms with E-state index in [4.69, 9.17) is 9.52 Å². The highest BCUT2D eigenvalue weighted by molar-refractivity contribution is 5.66. The molecule has 0 saturated carbocycles. The number of carboxylic acid groups (broad SMARTS) is 1. The van der Waals surface area contributed by atoms with Crippen molar-refractivity contribution in [1.29, 1.82) is 0 Å². The van der Waals surface area contributed by atoms with Crippen LogP contribution in [-0.4, -0.2) is 33.5 Å². The maximum atomic E-state index is 10.6. The summed E-state index contributed by atoms with van der Waals surface area (Å²) in [7, 11) is 0. The number of nitrogens with zero attached hydrogens (tertiary/aromatic N) is 2. The lowest BCUT2D eigenvalue weighted by molar-refractivity contribution is -0.137. The Morgan fingerprint density at radius 3 is 3.05 bits per heavy atom. The van der Waals surface area contributed by atoms with Crippen molar-refractivity contribution in [3.8, 4) is 0 Å². The van der Waals surface area contributed by atoms with Crippen LogP contribution in [-0.2, 0) is 11.2 Å². The zero-order valence-electron chi connectivity index (χ0n) is 11.6. The van der Waals surface area contributed by atoms with Crippen molar-refractivity contribution in [3.63, 3.8) is 0 Å². The minimum Gasteiger partial charge on any atom is -0.481 e. The lowest BCUT2D eigenvalue weighted by Gasteiger charge is -2.36. The molecule has 1 aliphatic heterocycles. The minimum atomic E-state index is -0.806. The summed E-state index contributed by atoms with van der Waals surface area (Å²) in [5, 5.41) is 8.67. The van der Waals surface area contributed by atoms with E-state index in [1.807, 2.05) is 0 Å². The maximum Gasteiger partial charge on any atom is 0.303 e. The number of piperidine rings is 1. The molecule has 2 heterocycles. The first-order valence-electron chi connectivity index (χ1n) is 7.00. The number of carboxylic acids is 1. The Morgan fingerprint density at radius 1 is 1.58 bits per heavy atom. The summed E-state index contributed by atoms with van der Waals surface area (Å²) in [6.45, 7) is 5.45. The highest BCUT2D eigenvalue weighted by Gasteiger charge is 2.29. The number of hydrogen-bond donors (Lipinski definition) is 1. The number of carbonyl (C=O) groups is 1. The van der Waals surface area contributed by atoms with Gasteiger partial charge in [0, 0.05) is 12.5 Å². The number of aromatic nitrogens is 1. The predicted molar refractivity (Wildman–Crippen MR) is 70.9 cm³/mol. The number of oxazole rings is 1. The van der Waals surface area contributed by atoms with Crippen LogP contribution in [0, 0.1) is 0 Å². The van der Waals surface area contributed by atoms with Crippen molar-refractivity contribution < 1.29 is 14.3 Å². The van der Waals surface area contributed by atoms with Crippen LogP contribution in [0.3, 0.4) is 0 Å². The van der Waals surface area contributed by atoms with E-state index in [-0.39, 0.29) is 12.5 Å². The third kappa shape index (κ3) is 3.56. The molecule has 106 valence electrons. The molecule has 1 aromatic rings. The Hall–Kier alpha value is -1.36. The number of rotatable bonds is 5. The fraction of sp³-hybridized carbons (Fsp3) is 0.714.